The maximum atomic E-state index is 12.2. The summed E-state index contributed by atoms with van der Waals surface area (Å²) in [6.07, 6.45) is 14.1. The second-order valence-corrected chi connectivity index (χ2v) is 6.10. The number of hydrogen-bond acceptors (Lipinski definition) is 3. The lowest BCUT2D eigenvalue weighted by Gasteiger charge is -2.43. The molecule has 0 amide bonds. The van der Waals surface area contributed by atoms with Crippen molar-refractivity contribution in [2.24, 2.45) is 11.8 Å². The highest BCUT2D eigenvalue weighted by Gasteiger charge is 2.41. The van der Waals surface area contributed by atoms with Gasteiger partial charge in [-0.2, -0.15) is 0 Å². The standard InChI is InChI=1S/C16H23NO2/c18-14-9-11-17-10-5-4-8-13(17)15(14)16(19)12-6-2-1-3-7-12/h4-5,9,11-13,15-16,19H,1-3,6-8,10H2. The van der Waals surface area contributed by atoms with Gasteiger partial charge in [-0.1, -0.05) is 31.4 Å². The Kier molecular flexibility index (Phi) is 3.74. The van der Waals surface area contributed by atoms with Crippen molar-refractivity contribution in [3.8, 4) is 0 Å². The average molecular weight is 261 g/mol. The summed E-state index contributed by atoms with van der Waals surface area (Å²) in [5.74, 6) is 0.217. The highest BCUT2D eigenvalue weighted by atomic mass is 16.3. The number of aliphatic hydroxyl groups is 1. The first-order valence-electron chi connectivity index (χ1n) is 7.58. The third-order valence-corrected chi connectivity index (χ3v) is 4.96. The topological polar surface area (TPSA) is 40.5 Å². The van der Waals surface area contributed by atoms with Gasteiger partial charge in [0.15, 0.2) is 5.78 Å². The van der Waals surface area contributed by atoms with E-state index in [-0.39, 0.29) is 17.7 Å². The first kappa shape index (κ1) is 12.9. The molecule has 0 spiro atoms. The molecule has 19 heavy (non-hydrogen) atoms. The number of carbonyl (C=O) groups excluding carboxylic acids is 1. The molecule has 1 fully saturated rings. The fourth-order valence-electron chi connectivity index (χ4n) is 3.86. The van der Waals surface area contributed by atoms with E-state index in [2.05, 4.69) is 17.1 Å². The Morgan fingerprint density at radius 2 is 2.00 bits per heavy atom. The molecule has 3 atom stereocenters. The first-order valence-corrected chi connectivity index (χ1v) is 7.58. The van der Waals surface area contributed by atoms with E-state index in [4.69, 9.17) is 0 Å². The minimum Gasteiger partial charge on any atom is -0.392 e. The van der Waals surface area contributed by atoms with Crippen molar-refractivity contribution in [1.82, 2.24) is 4.90 Å². The van der Waals surface area contributed by atoms with Gasteiger partial charge in [0.05, 0.1) is 12.0 Å². The number of fused-ring (bicyclic) bond motifs is 1. The second kappa shape index (κ2) is 5.49. The molecule has 2 aliphatic heterocycles. The smallest absolute Gasteiger partial charge is 0.164 e. The van der Waals surface area contributed by atoms with Gasteiger partial charge in [-0.15, -0.1) is 0 Å². The van der Waals surface area contributed by atoms with Crippen LogP contribution in [-0.4, -0.2) is 34.5 Å². The summed E-state index contributed by atoms with van der Waals surface area (Å²) < 4.78 is 0. The van der Waals surface area contributed by atoms with E-state index in [1.54, 1.807) is 6.08 Å². The van der Waals surface area contributed by atoms with Crippen LogP contribution in [0.2, 0.25) is 0 Å². The number of allylic oxidation sites excluding steroid dienone is 1. The Morgan fingerprint density at radius 1 is 1.21 bits per heavy atom. The van der Waals surface area contributed by atoms with Crippen molar-refractivity contribution in [2.75, 3.05) is 6.54 Å². The maximum Gasteiger partial charge on any atom is 0.164 e. The molecule has 3 heteroatoms. The van der Waals surface area contributed by atoms with Crippen molar-refractivity contribution < 1.29 is 9.90 Å². The van der Waals surface area contributed by atoms with Gasteiger partial charge in [-0.25, -0.2) is 0 Å². The maximum absolute atomic E-state index is 12.2. The molecule has 1 saturated carbocycles. The number of carbonyl (C=O) groups is 1. The molecule has 0 aromatic carbocycles. The van der Waals surface area contributed by atoms with E-state index in [1.807, 2.05) is 6.20 Å². The Balaban J connectivity index is 1.78. The van der Waals surface area contributed by atoms with Gasteiger partial charge < -0.3 is 10.0 Å². The first-order chi connectivity index (χ1) is 9.27. The van der Waals surface area contributed by atoms with Crippen molar-refractivity contribution in [3.63, 3.8) is 0 Å². The Hall–Kier alpha value is -1.09. The molecule has 0 aromatic heterocycles. The molecule has 0 radical (unpaired) electrons. The minimum absolute atomic E-state index is 0.120. The van der Waals surface area contributed by atoms with Crippen LogP contribution in [0, 0.1) is 11.8 Å². The summed E-state index contributed by atoms with van der Waals surface area (Å²) >= 11 is 0. The van der Waals surface area contributed by atoms with Gasteiger partial charge in [0.2, 0.25) is 0 Å². The van der Waals surface area contributed by atoms with Crippen LogP contribution in [0.5, 0.6) is 0 Å². The van der Waals surface area contributed by atoms with Crippen molar-refractivity contribution in [3.05, 3.63) is 24.4 Å². The summed E-state index contributed by atoms with van der Waals surface area (Å²) in [6.45, 7) is 0.863. The number of hydrogen-bond donors (Lipinski definition) is 1. The molecule has 2 heterocycles. The summed E-state index contributed by atoms with van der Waals surface area (Å²) in [6, 6.07) is 0.166. The monoisotopic (exact) mass is 261 g/mol. The molecule has 0 bridgehead atoms. The zero-order valence-electron chi connectivity index (χ0n) is 11.4. The molecule has 0 aromatic rings. The van der Waals surface area contributed by atoms with Gasteiger partial charge in [-0.05, 0) is 31.3 Å². The molecule has 3 aliphatic rings. The molecule has 0 saturated heterocycles. The van der Waals surface area contributed by atoms with Gasteiger partial charge in [0, 0.05) is 18.8 Å². The Bertz CT molecular complexity index is 396. The molecule has 104 valence electrons. The number of rotatable bonds is 2. The van der Waals surface area contributed by atoms with Gasteiger partial charge in [-0.3, -0.25) is 4.79 Å². The second-order valence-electron chi connectivity index (χ2n) is 6.10. The van der Waals surface area contributed by atoms with Crippen molar-refractivity contribution in [2.45, 2.75) is 50.7 Å². The van der Waals surface area contributed by atoms with Gasteiger partial charge >= 0.3 is 0 Å². The number of aliphatic hydroxyl groups excluding tert-OH is 1. The van der Waals surface area contributed by atoms with Gasteiger partial charge in [0.25, 0.3) is 0 Å². The molecule has 1 N–H and O–H groups in total. The van der Waals surface area contributed by atoms with E-state index >= 15 is 0 Å². The summed E-state index contributed by atoms with van der Waals surface area (Å²) in [4.78, 5) is 14.4. The highest BCUT2D eigenvalue weighted by Crippen LogP contribution is 2.35. The van der Waals surface area contributed by atoms with E-state index < -0.39 is 6.10 Å². The molecule has 3 unspecified atom stereocenters. The third-order valence-electron chi connectivity index (χ3n) is 4.96. The lowest BCUT2D eigenvalue weighted by molar-refractivity contribution is -0.128. The largest absolute Gasteiger partial charge is 0.392 e. The van der Waals surface area contributed by atoms with Crippen molar-refractivity contribution >= 4 is 5.78 Å². The Labute approximate surface area is 115 Å². The number of nitrogens with zero attached hydrogens (tertiary/aromatic N) is 1. The van der Waals surface area contributed by atoms with Crippen molar-refractivity contribution in [1.29, 1.82) is 0 Å². The highest BCUT2D eigenvalue weighted by molar-refractivity contribution is 5.93. The quantitative estimate of drug-likeness (QED) is 0.775. The van der Waals surface area contributed by atoms with E-state index in [0.717, 1.165) is 25.8 Å². The zero-order valence-corrected chi connectivity index (χ0v) is 11.4. The third kappa shape index (κ3) is 2.48. The lowest BCUT2D eigenvalue weighted by atomic mass is 9.74. The fourth-order valence-corrected chi connectivity index (χ4v) is 3.86. The molecular formula is C16H23NO2. The SMILES string of the molecule is O=C1C=CN2CC=CCC2C1C(O)C1CCCCC1. The van der Waals surface area contributed by atoms with Crippen LogP contribution in [0.4, 0.5) is 0 Å². The predicted molar refractivity (Wildman–Crippen MR) is 74.5 cm³/mol. The van der Waals surface area contributed by atoms with Crippen LogP contribution in [-0.2, 0) is 4.79 Å². The summed E-state index contributed by atoms with van der Waals surface area (Å²) in [5.41, 5.74) is 0. The van der Waals surface area contributed by atoms with E-state index in [9.17, 15) is 9.90 Å². The fraction of sp³-hybridized carbons (Fsp3) is 0.688. The van der Waals surface area contributed by atoms with Crippen LogP contribution >= 0.6 is 0 Å². The van der Waals surface area contributed by atoms with Crippen LogP contribution in [0.25, 0.3) is 0 Å². The van der Waals surface area contributed by atoms with Crippen LogP contribution in [0.1, 0.15) is 38.5 Å². The lowest BCUT2D eigenvalue weighted by Crippen LogP contribution is -2.51. The van der Waals surface area contributed by atoms with Crippen LogP contribution < -0.4 is 0 Å². The summed E-state index contributed by atoms with van der Waals surface area (Å²) in [5, 5.41) is 10.7. The molecule has 1 aliphatic carbocycles. The molecule has 3 rings (SSSR count). The molecule has 3 nitrogen and oxygen atoms in total. The van der Waals surface area contributed by atoms with E-state index in [1.165, 1.54) is 19.3 Å². The Morgan fingerprint density at radius 3 is 2.79 bits per heavy atom. The van der Waals surface area contributed by atoms with Crippen LogP contribution in [0.3, 0.4) is 0 Å². The number of ketones is 1. The van der Waals surface area contributed by atoms with E-state index in [0.29, 0.717) is 5.92 Å². The average Bonchev–Trinajstić information content (AvgIpc) is 2.47. The van der Waals surface area contributed by atoms with Crippen LogP contribution in [0.15, 0.2) is 24.4 Å². The minimum atomic E-state index is -0.461. The normalized spacial score (nSPS) is 33.3. The predicted octanol–water partition coefficient (Wildman–Crippen LogP) is 2.27. The molecular weight excluding hydrogens is 238 g/mol. The summed E-state index contributed by atoms with van der Waals surface area (Å²) in [7, 11) is 0. The van der Waals surface area contributed by atoms with Gasteiger partial charge in [0.1, 0.15) is 0 Å². The zero-order chi connectivity index (χ0) is 13.2.